The molecule has 2 rings (SSSR count). The number of hydrogen-bond donors (Lipinski definition) is 1. The Morgan fingerprint density at radius 2 is 1.75 bits per heavy atom. The van der Waals surface area contributed by atoms with Gasteiger partial charge in [-0.15, -0.1) is 0 Å². The highest BCUT2D eigenvalue weighted by Crippen LogP contribution is 2.18. The molecule has 0 saturated heterocycles. The summed E-state index contributed by atoms with van der Waals surface area (Å²) in [6, 6.07) is 10.3. The van der Waals surface area contributed by atoms with Crippen molar-refractivity contribution >= 4 is 5.69 Å². The van der Waals surface area contributed by atoms with Crippen molar-refractivity contribution in [3.63, 3.8) is 0 Å². The summed E-state index contributed by atoms with van der Waals surface area (Å²) in [4.78, 5) is 0. The molecule has 0 heterocycles. The molecular weight excluding hydrogens is 264 g/mol. The summed E-state index contributed by atoms with van der Waals surface area (Å²) in [5, 5.41) is 0. The van der Waals surface area contributed by atoms with Gasteiger partial charge in [-0.25, -0.2) is 8.78 Å². The van der Waals surface area contributed by atoms with Crippen LogP contribution in [0.4, 0.5) is 14.5 Å². The highest BCUT2D eigenvalue weighted by atomic mass is 19.1. The van der Waals surface area contributed by atoms with Gasteiger partial charge in [0, 0.05) is 24.2 Å². The van der Waals surface area contributed by atoms with E-state index in [9.17, 15) is 8.78 Å². The maximum atomic E-state index is 13.3. The fraction of sp³-hybridized carbons (Fsp3) is 0.200. The summed E-state index contributed by atoms with van der Waals surface area (Å²) >= 11 is 0. The molecule has 3 nitrogen and oxygen atoms in total. The lowest BCUT2D eigenvalue weighted by Gasteiger charge is -2.09. The second-order valence-corrected chi connectivity index (χ2v) is 4.20. The zero-order chi connectivity index (χ0) is 14.4. The Kier molecular flexibility index (Phi) is 4.76. The first-order chi connectivity index (χ1) is 9.65. The molecule has 5 heteroatoms. The van der Waals surface area contributed by atoms with Gasteiger partial charge in [0.05, 0.1) is 13.2 Å². The largest absolute Gasteiger partial charge is 0.493 e. The molecule has 2 aromatic carbocycles. The summed E-state index contributed by atoms with van der Waals surface area (Å²) in [6.07, 6.45) is 0.575. The number of halogens is 2. The van der Waals surface area contributed by atoms with Crippen LogP contribution in [0.5, 0.6) is 11.5 Å². The van der Waals surface area contributed by atoms with Crippen molar-refractivity contribution in [2.75, 3.05) is 18.9 Å². The standard InChI is InChI=1S/C15H15F2NO2/c16-11-5-6-15(14(17)9-11)20-8-2-7-19-13-4-1-3-12(18)10-13/h1,3-6,9-10H,2,7-8,18H2. The second kappa shape index (κ2) is 6.75. The van der Waals surface area contributed by atoms with E-state index in [1.165, 1.54) is 6.07 Å². The van der Waals surface area contributed by atoms with E-state index in [0.717, 1.165) is 12.1 Å². The van der Waals surface area contributed by atoms with Crippen molar-refractivity contribution in [1.29, 1.82) is 0 Å². The molecule has 0 aromatic heterocycles. The van der Waals surface area contributed by atoms with Gasteiger partial charge in [0.1, 0.15) is 11.6 Å². The molecule has 106 valence electrons. The first-order valence-electron chi connectivity index (χ1n) is 6.21. The van der Waals surface area contributed by atoms with Gasteiger partial charge >= 0.3 is 0 Å². The number of rotatable bonds is 6. The van der Waals surface area contributed by atoms with Gasteiger partial charge in [-0.05, 0) is 24.3 Å². The number of benzene rings is 2. The molecule has 0 saturated carbocycles. The van der Waals surface area contributed by atoms with Gasteiger partial charge in [-0.3, -0.25) is 0 Å². The topological polar surface area (TPSA) is 44.5 Å². The summed E-state index contributed by atoms with van der Waals surface area (Å²) in [5.41, 5.74) is 6.25. The smallest absolute Gasteiger partial charge is 0.167 e. The van der Waals surface area contributed by atoms with Gasteiger partial charge in [-0.1, -0.05) is 6.07 Å². The lowest BCUT2D eigenvalue weighted by molar-refractivity contribution is 0.241. The van der Waals surface area contributed by atoms with Crippen LogP contribution < -0.4 is 15.2 Å². The molecule has 0 unspecified atom stereocenters. The Hall–Kier alpha value is -2.30. The van der Waals surface area contributed by atoms with Crippen molar-refractivity contribution in [3.8, 4) is 11.5 Å². The van der Waals surface area contributed by atoms with Gasteiger partial charge in [0.2, 0.25) is 0 Å². The van der Waals surface area contributed by atoms with E-state index in [1.807, 2.05) is 0 Å². The lowest BCUT2D eigenvalue weighted by Crippen LogP contribution is -2.06. The van der Waals surface area contributed by atoms with Crippen molar-refractivity contribution in [2.24, 2.45) is 0 Å². The minimum Gasteiger partial charge on any atom is -0.493 e. The van der Waals surface area contributed by atoms with Gasteiger partial charge in [0.15, 0.2) is 11.6 Å². The van der Waals surface area contributed by atoms with Crippen LogP contribution in [-0.2, 0) is 0 Å². The number of ether oxygens (including phenoxy) is 2. The SMILES string of the molecule is Nc1cccc(OCCCOc2ccc(F)cc2F)c1. The monoisotopic (exact) mass is 279 g/mol. The van der Waals surface area contributed by atoms with Crippen LogP contribution in [0.3, 0.4) is 0 Å². The van der Waals surface area contributed by atoms with E-state index in [-0.39, 0.29) is 12.4 Å². The molecule has 2 N–H and O–H groups in total. The van der Waals surface area contributed by atoms with Crippen molar-refractivity contribution in [2.45, 2.75) is 6.42 Å². The van der Waals surface area contributed by atoms with E-state index < -0.39 is 11.6 Å². The quantitative estimate of drug-likeness (QED) is 0.651. The number of hydrogen-bond acceptors (Lipinski definition) is 3. The van der Waals surface area contributed by atoms with Crippen molar-refractivity contribution < 1.29 is 18.3 Å². The predicted octanol–water partition coefficient (Wildman–Crippen LogP) is 3.39. The number of nitrogens with two attached hydrogens (primary N) is 1. The van der Waals surface area contributed by atoms with Crippen LogP contribution in [0.25, 0.3) is 0 Å². The maximum Gasteiger partial charge on any atom is 0.167 e. The second-order valence-electron chi connectivity index (χ2n) is 4.20. The molecule has 0 aliphatic heterocycles. The molecule has 20 heavy (non-hydrogen) atoms. The van der Waals surface area contributed by atoms with Crippen LogP contribution in [0.15, 0.2) is 42.5 Å². The Morgan fingerprint density at radius 1 is 0.950 bits per heavy atom. The lowest BCUT2D eigenvalue weighted by atomic mass is 10.3. The van der Waals surface area contributed by atoms with Crippen molar-refractivity contribution in [1.82, 2.24) is 0 Å². The minimum absolute atomic E-state index is 0.0374. The molecule has 0 aliphatic carbocycles. The highest BCUT2D eigenvalue weighted by molar-refractivity contribution is 5.43. The van der Waals surface area contributed by atoms with E-state index in [2.05, 4.69) is 0 Å². The third-order valence-corrected chi connectivity index (χ3v) is 2.57. The summed E-state index contributed by atoms with van der Waals surface area (Å²) in [5.74, 6) is -0.616. The molecule has 0 atom stereocenters. The summed E-state index contributed by atoms with van der Waals surface area (Å²) < 4.78 is 36.6. The third-order valence-electron chi connectivity index (χ3n) is 2.57. The van der Waals surface area contributed by atoms with Gasteiger partial charge < -0.3 is 15.2 Å². The average Bonchev–Trinajstić information content (AvgIpc) is 2.41. The molecular formula is C15H15F2NO2. The van der Waals surface area contributed by atoms with Crippen LogP contribution in [0.1, 0.15) is 6.42 Å². The Bertz CT molecular complexity index is 576. The van der Waals surface area contributed by atoms with Gasteiger partial charge in [0.25, 0.3) is 0 Å². The minimum atomic E-state index is -0.707. The normalized spacial score (nSPS) is 10.3. The first-order valence-corrected chi connectivity index (χ1v) is 6.21. The maximum absolute atomic E-state index is 13.3. The molecule has 0 amide bonds. The van der Waals surface area contributed by atoms with E-state index in [1.54, 1.807) is 24.3 Å². The highest BCUT2D eigenvalue weighted by Gasteiger charge is 2.04. The van der Waals surface area contributed by atoms with Crippen LogP contribution in [0.2, 0.25) is 0 Å². The zero-order valence-corrected chi connectivity index (χ0v) is 10.8. The number of anilines is 1. The van der Waals surface area contributed by atoms with Gasteiger partial charge in [-0.2, -0.15) is 0 Å². The Morgan fingerprint density at radius 3 is 2.50 bits per heavy atom. The fourth-order valence-electron chi connectivity index (χ4n) is 1.63. The molecule has 0 aliphatic rings. The summed E-state index contributed by atoms with van der Waals surface area (Å²) in [7, 11) is 0. The third kappa shape index (κ3) is 4.12. The average molecular weight is 279 g/mol. The summed E-state index contributed by atoms with van der Waals surface area (Å²) in [6.45, 7) is 0.705. The van der Waals surface area contributed by atoms with E-state index >= 15 is 0 Å². The molecule has 0 fully saturated rings. The van der Waals surface area contributed by atoms with Crippen LogP contribution in [0, 0.1) is 11.6 Å². The molecule has 2 aromatic rings. The van der Waals surface area contributed by atoms with E-state index in [4.69, 9.17) is 15.2 Å². The zero-order valence-electron chi connectivity index (χ0n) is 10.8. The number of nitrogen functional groups attached to an aromatic ring is 1. The Labute approximate surface area is 115 Å². The molecule has 0 radical (unpaired) electrons. The van der Waals surface area contributed by atoms with Crippen LogP contribution in [-0.4, -0.2) is 13.2 Å². The molecule has 0 bridgehead atoms. The predicted molar refractivity (Wildman–Crippen MR) is 72.8 cm³/mol. The van der Waals surface area contributed by atoms with Crippen molar-refractivity contribution in [3.05, 3.63) is 54.1 Å². The van der Waals surface area contributed by atoms with Crippen LogP contribution >= 0.6 is 0 Å². The Balaban J connectivity index is 1.71. The fourth-order valence-corrected chi connectivity index (χ4v) is 1.63. The molecule has 0 spiro atoms. The first kappa shape index (κ1) is 14.1. The van der Waals surface area contributed by atoms with E-state index in [0.29, 0.717) is 24.5 Å².